The quantitative estimate of drug-likeness (QED) is 0.327. The Morgan fingerprint density at radius 1 is 0.727 bits per heavy atom. The molecule has 0 saturated carbocycles. The minimum atomic E-state index is -1.36. The first kappa shape index (κ1) is 21.8. The summed E-state index contributed by atoms with van der Waals surface area (Å²) in [7, 11) is 0. The fraction of sp³-hybridized carbons (Fsp3) is 1.00. The summed E-state index contributed by atoms with van der Waals surface area (Å²) in [6.45, 7) is 2.19. The van der Waals surface area contributed by atoms with Crippen molar-refractivity contribution < 1.29 is 25.2 Å². The number of aliphatic hydroxyl groups excluding tert-OH is 4. The molecule has 0 aromatic heterocycles. The van der Waals surface area contributed by atoms with Crippen LogP contribution in [-0.2, 0) is 4.74 Å². The van der Waals surface area contributed by atoms with Gasteiger partial charge in [0.15, 0.2) is 0 Å². The Kier molecular flexibility index (Phi) is 15.5. The average molecular weight is 320 g/mol. The molecule has 0 aliphatic rings. The Morgan fingerprint density at radius 3 is 1.73 bits per heavy atom. The third-order valence-electron chi connectivity index (χ3n) is 3.91. The van der Waals surface area contributed by atoms with Crippen molar-refractivity contribution in [3.8, 4) is 0 Å². The van der Waals surface area contributed by atoms with Crippen molar-refractivity contribution in [2.75, 3.05) is 19.8 Å². The lowest BCUT2D eigenvalue weighted by atomic mass is 10.1. The number of hydrogen-bond acceptors (Lipinski definition) is 5. The summed E-state index contributed by atoms with van der Waals surface area (Å²) in [5, 5.41) is 36.8. The number of hydrogen-bond donors (Lipinski definition) is 4. The van der Waals surface area contributed by atoms with Crippen LogP contribution < -0.4 is 0 Å². The van der Waals surface area contributed by atoms with E-state index in [1.807, 2.05) is 0 Å². The summed E-state index contributed by atoms with van der Waals surface area (Å²) in [5.41, 5.74) is 0. The van der Waals surface area contributed by atoms with E-state index < -0.39 is 24.9 Å². The molecule has 3 atom stereocenters. The highest BCUT2D eigenvalue weighted by Crippen LogP contribution is 2.10. The second-order valence-electron chi connectivity index (χ2n) is 6.06. The minimum Gasteiger partial charge on any atom is -0.394 e. The van der Waals surface area contributed by atoms with Gasteiger partial charge in [0.05, 0.1) is 13.2 Å². The van der Waals surface area contributed by atoms with Crippen molar-refractivity contribution in [2.45, 2.75) is 89.4 Å². The molecule has 0 aliphatic carbocycles. The first-order chi connectivity index (χ1) is 10.6. The van der Waals surface area contributed by atoms with Crippen LogP contribution in [0.25, 0.3) is 0 Å². The molecule has 0 bridgehead atoms. The summed E-state index contributed by atoms with van der Waals surface area (Å²) in [5.74, 6) is 0. The molecule has 1 unspecified atom stereocenters. The smallest absolute Gasteiger partial charge is 0.110 e. The Labute approximate surface area is 135 Å². The molecule has 0 rings (SSSR count). The summed E-state index contributed by atoms with van der Waals surface area (Å²) in [6.07, 6.45) is 8.73. The van der Waals surface area contributed by atoms with Gasteiger partial charge in [0.25, 0.3) is 0 Å². The number of ether oxygens (including phenoxy) is 1. The molecule has 22 heavy (non-hydrogen) atoms. The molecule has 0 aromatic rings. The Balaban J connectivity index is 3.26. The highest BCUT2D eigenvalue weighted by Gasteiger charge is 2.23. The Bertz CT molecular complexity index is 225. The highest BCUT2D eigenvalue weighted by atomic mass is 16.5. The topological polar surface area (TPSA) is 90.2 Å². The zero-order valence-corrected chi connectivity index (χ0v) is 14.1. The maximum Gasteiger partial charge on any atom is 0.110 e. The molecule has 0 spiro atoms. The van der Waals surface area contributed by atoms with E-state index in [1.54, 1.807) is 0 Å². The van der Waals surface area contributed by atoms with Crippen molar-refractivity contribution in [1.29, 1.82) is 0 Å². The maximum atomic E-state index is 9.53. The van der Waals surface area contributed by atoms with E-state index in [1.165, 1.54) is 51.4 Å². The van der Waals surface area contributed by atoms with Crippen molar-refractivity contribution in [3.63, 3.8) is 0 Å². The highest BCUT2D eigenvalue weighted by molar-refractivity contribution is 4.74. The third-order valence-corrected chi connectivity index (χ3v) is 3.91. The van der Waals surface area contributed by atoms with E-state index in [2.05, 4.69) is 6.92 Å². The van der Waals surface area contributed by atoms with Crippen molar-refractivity contribution in [3.05, 3.63) is 0 Å². The molecule has 0 aliphatic heterocycles. The lowest BCUT2D eigenvalue weighted by molar-refractivity contribution is -0.0997. The predicted octanol–water partition coefficient (Wildman–Crippen LogP) is 2.00. The normalized spacial score (nSPS) is 15.7. The monoisotopic (exact) mass is 320 g/mol. The predicted molar refractivity (Wildman–Crippen MR) is 87.8 cm³/mol. The van der Waals surface area contributed by atoms with Crippen molar-refractivity contribution in [2.24, 2.45) is 0 Å². The Hall–Kier alpha value is -0.200. The second kappa shape index (κ2) is 15.7. The van der Waals surface area contributed by atoms with Gasteiger partial charge < -0.3 is 25.2 Å². The third kappa shape index (κ3) is 12.4. The molecule has 0 heterocycles. The van der Waals surface area contributed by atoms with Crippen molar-refractivity contribution in [1.82, 2.24) is 0 Å². The van der Waals surface area contributed by atoms with Gasteiger partial charge in [0.1, 0.15) is 18.3 Å². The van der Waals surface area contributed by atoms with Gasteiger partial charge in [-0.1, -0.05) is 64.7 Å². The van der Waals surface area contributed by atoms with Gasteiger partial charge in [0.2, 0.25) is 0 Å². The molecule has 0 amide bonds. The van der Waals surface area contributed by atoms with E-state index in [4.69, 9.17) is 9.84 Å². The molecular formula is C17H36O5. The van der Waals surface area contributed by atoms with E-state index in [0.717, 1.165) is 12.8 Å². The lowest BCUT2D eigenvalue weighted by Gasteiger charge is -2.21. The van der Waals surface area contributed by atoms with Crippen molar-refractivity contribution >= 4 is 0 Å². The summed E-state index contributed by atoms with van der Waals surface area (Å²) >= 11 is 0. The van der Waals surface area contributed by atoms with Crippen LogP contribution >= 0.6 is 0 Å². The largest absolute Gasteiger partial charge is 0.394 e. The van der Waals surface area contributed by atoms with Crippen LogP contribution in [0.15, 0.2) is 0 Å². The lowest BCUT2D eigenvalue weighted by Crippen LogP contribution is -2.41. The maximum absolute atomic E-state index is 9.53. The average Bonchev–Trinajstić information content (AvgIpc) is 2.54. The molecule has 4 N–H and O–H groups in total. The van der Waals surface area contributed by atoms with Gasteiger partial charge in [-0.15, -0.1) is 0 Å². The summed E-state index contributed by atoms with van der Waals surface area (Å²) < 4.78 is 5.28. The molecule has 0 saturated heterocycles. The van der Waals surface area contributed by atoms with E-state index in [-0.39, 0.29) is 6.61 Å². The van der Waals surface area contributed by atoms with Gasteiger partial charge in [-0.05, 0) is 6.42 Å². The zero-order valence-electron chi connectivity index (χ0n) is 14.1. The van der Waals surface area contributed by atoms with Crippen LogP contribution in [0.5, 0.6) is 0 Å². The SMILES string of the molecule is CCCCCCCCCCCCOC[C@@H](O)C(O)[C@@H](O)CO. The van der Waals surface area contributed by atoms with E-state index in [0.29, 0.717) is 6.61 Å². The molecule has 5 nitrogen and oxygen atoms in total. The van der Waals surface area contributed by atoms with Crippen LogP contribution in [0, 0.1) is 0 Å². The fourth-order valence-electron chi connectivity index (χ4n) is 2.36. The minimum absolute atomic E-state index is 0.0182. The van der Waals surface area contributed by atoms with Gasteiger partial charge in [-0.25, -0.2) is 0 Å². The summed E-state index contributed by atoms with van der Waals surface area (Å²) in [6, 6.07) is 0. The number of aliphatic hydroxyl groups is 4. The fourth-order valence-corrected chi connectivity index (χ4v) is 2.36. The molecular weight excluding hydrogens is 284 g/mol. The van der Waals surface area contributed by atoms with Crippen LogP contribution in [-0.4, -0.2) is 58.6 Å². The summed E-state index contributed by atoms with van der Waals surface area (Å²) in [4.78, 5) is 0. The van der Waals surface area contributed by atoms with Gasteiger partial charge in [-0.2, -0.15) is 0 Å². The first-order valence-electron chi connectivity index (χ1n) is 8.86. The zero-order chi connectivity index (χ0) is 16.6. The van der Waals surface area contributed by atoms with Gasteiger partial charge >= 0.3 is 0 Å². The number of rotatable bonds is 16. The van der Waals surface area contributed by atoms with Crippen LogP contribution in [0.1, 0.15) is 71.1 Å². The van der Waals surface area contributed by atoms with Gasteiger partial charge in [0, 0.05) is 6.61 Å². The molecule has 0 aromatic carbocycles. The van der Waals surface area contributed by atoms with E-state index >= 15 is 0 Å². The first-order valence-corrected chi connectivity index (χ1v) is 8.86. The van der Waals surface area contributed by atoms with Gasteiger partial charge in [-0.3, -0.25) is 0 Å². The van der Waals surface area contributed by atoms with Crippen LogP contribution in [0.4, 0.5) is 0 Å². The molecule has 5 heteroatoms. The second-order valence-corrected chi connectivity index (χ2v) is 6.06. The molecule has 0 radical (unpaired) electrons. The Morgan fingerprint density at radius 2 is 1.23 bits per heavy atom. The molecule has 134 valence electrons. The molecule has 0 fully saturated rings. The van der Waals surface area contributed by atoms with Crippen LogP contribution in [0.2, 0.25) is 0 Å². The van der Waals surface area contributed by atoms with Crippen LogP contribution in [0.3, 0.4) is 0 Å². The standard InChI is InChI=1S/C17H36O5/c1-2-3-4-5-6-7-8-9-10-11-12-22-14-16(20)17(21)15(19)13-18/h15-21H,2-14H2,1H3/t15-,16+,17?/m0/s1. The number of unbranched alkanes of at least 4 members (excludes halogenated alkanes) is 9. The van der Waals surface area contributed by atoms with E-state index in [9.17, 15) is 15.3 Å².